The Labute approximate surface area is 136 Å². The molecule has 3 rings (SSSR count). The summed E-state index contributed by atoms with van der Waals surface area (Å²) >= 11 is 1.57. The minimum absolute atomic E-state index is 0.132. The molecule has 1 aromatic carbocycles. The third kappa shape index (κ3) is 3.26. The lowest BCUT2D eigenvalue weighted by Crippen LogP contribution is -2.04. The summed E-state index contributed by atoms with van der Waals surface area (Å²) in [6.45, 7) is 0.362. The number of hydrogen-bond donors (Lipinski definition) is 2. The van der Waals surface area contributed by atoms with Crippen molar-refractivity contribution in [2.24, 2.45) is 0 Å². The molecule has 0 aliphatic heterocycles. The molecule has 2 heterocycles. The van der Waals surface area contributed by atoms with Gasteiger partial charge in [-0.1, -0.05) is 6.07 Å². The molecule has 0 radical (unpaired) electrons. The van der Waals surface area contributed by atoms with E-state index in [4.69, 9.17) is 9.47 Å². The lowest BCUT2D eigenvalue weighted by atomic mass is 10.2. The highest BCUT2D eigenvalue weighted by Crippen LogP contribution is 2.32. The Morgan fingerprint density at radius 3 is 2.78 bits per heavy atom. The molecule has 0 unspecified atom stereocenters. The Balaban J connectivity index is 1.74. The maximum absolute atomic E-state index is 13.8. The number of rotatable bonds is 6. The second-order valence-electron chi connectivity index (χ2n) is 4.62. The summed E-state index contributed by atoms with van der Waals surface area (Å²) in [7, 11) is 2.92. The van der Waals surface area contributed by atoms with Crippen molar-refractivity contribution in [1.82, 2.24) is 15.2 Å². The van der Waals surface area contributed by atoms with E-state index in [9.17, 15) is 4.39 Å². The van der Waals surface area contributed by atoms with Crippen molar-refractivity contribution in [3.8, 4) is 22.2 Å². The molecule has 6 nitrogen and oxygen atoms in total. The summed E-state index contributed by atoms with van der Waals surface area (Å²) in [5, 5.41) is 12.1. The molecule has 0 fully saturated rings. The molecule has 2 aromatic heterocycles. The van der Waals surface area contributed by atoms with Crippen LogP contribution in [0.5, 0.6) is 11.5 Å². The van der Waals surface area contributed by atoms with E-state index in [1.54, 1.807) is 11.3 Å². The number of hydrogen-bond acceptors (Lipinski definition) is 6. The van der Waals surface area contributed by atoms with Crippen LogP contribution in [0.15, 0.2) is 29.6 Å². The monoisotopic (exact) mass is 334 g/mol. The Bertz CT molecular complexity index is 789. The second kappa shape index (κ2) is 6.66. The molecule has 0 bridgehead atoms. The Morgan fingerprint density at radius 1 is 1.26 bits per heavy atom. The lowest BCUT2D eigenvalue weighted by molar-refractivity contribution is 0.374. The van der Waals surface area contributed by atoms with Gasteiger partial charge in [-0.05, 0) is 11.4 Å². The zero-order chi connectivity index (χ0) is 16.2. The number of methoxy groups -OCH3 is 2. The first-order valence-corrected chi connectivity index (χ1v) is 7.69. The van der Waals surface area contributed by atoms with Crippen LogP contribution in [-0.2, 0) is 6.54 Å². The number of nitrogens with zero attached hydrogens (tertiary/aromatic N) is 2. The summed E-state index contributed by atoms with van der Waals surface area (Å²) in [6.07, 6.45) is 0. The van der Waals surface area contributed by atoms with Gasteiger partial charge in [0, 0.05) is 12.1 Å². The molecule has 0 spiro atoms. The first kappa shape index (κ1) is 15.3. The molecule has 0 saturated carbocycles. The largest absolute Gasteiger partial charge is 0.494 e. The normalized spacial score (nSPS) is 10.6. The van der Waals surface area contributed by atoms with Crippen molar-refractivity contribution in [2.75, 3.05) is 19.5 Å². The number of anilines is 1. The number of H-pyrrole nitrogens is 1. The van der Waals surface area contributed by atoms with Crippen LogP contribution in [0.1, 0.15) is 5.82 Å². The quantitative estimate of drug-likeness (QED) is 0.724. The first-order chi connectivity index (χ1) is 11.2. The van der Waals surface area contributed by atoms with Gasteiger partial charge in [0.15, 0.2) is 17.4 Å². The lowest BCUT2D eigenvalue weighted by Gasteiger charge is -2.12. The third-order valence-electron chi connectivity index (χ3n) is 3.19. The van der Waals surface area contributed by atoms with Crippen LogP contribution < -0.4 is 14.8 Å². The van der Waals surface area contributed by atoms with Gasteiger partial charge in [-0.3, -0.25) is 5.10 Å². The van der Waals surface area contributed by atoms with Gasteiger partial charge in [0.25, 0.3) is 0 Å². The average Bonchev–Trinajstić information content (AvgIpc) is 3.24. The Hall–Kier alpha value is -2.61. The minimum Gasteiger partial charge on any atom is -0.494 e. The summed E-state index contributed by atoms with van der Waals surface area (Å²) in [5.41, 5.74) is 0.514. The molecule has 0 amide bonds. The van der Waals surface area contributed by atoms with E-state index in [1.807, 2.05) is 17.5 Å². The summed E-state index contributed by atoms with van der Waals surface area (Å²) in [5.74, 6) is 1.44. The number of benzene rings is 1. The van der Waals surface area contributed by atoms with Gasteiger partial charge in [0.05, 0.1) is 31.3 Å². The van der Waals surface area contributed by atoms with Crippen LogP contribution in [0.2, 0.25) is 0 Å². The third-order valence-corrected chi connectivity index (χ3v) is 4.06. The zero-order valence-corrected chi connectivity index (χ0v) is 13.4. The van der Waals surface area contributed by atoms with Crippen molar-refractivity contribution in [3.05, 3.63) is 41.3 Å². The van der Waals surface area contributed by atoms with E-state index < -0.39 is 5.82 Å². The van der Waals surface area contributed by atoms with Crippen LogP contribution in [0.4, 0.5) is 10.1 Å². The highest BCUT2D eigenvalue weighted by atomic mass is 32.1. The molecule has 0 aliphatic carbocycles. The number of ether oxygens (including phenoxy) is 2. The number of nitrogens with one attached hydrogen (secondary N) is 2. The van der Waals surface area contributed by atoms with Crippen LogP contribution in [0.25, 0.3) is 10.7 Å². The van der Waals surface area contributed by atoms with E-state index in [-0.39, 0.29) is 5.75 Å². The van der Waals surface area contributed by atoms with Crippen LogP contribution in [-0.4, -0.2) is 29.4 Å². The number of thiophene rings is 1. The molecule has 2 N–H and O–H groups in total. The first-order valence-electron chi connectivity index (χ1n) is 6.82. The maximum Gasteiger partial charge on any atom is 0.191 e. The summed E-state index contributed by atoms with van der Waals surface area (Å²) < 4.78 is 24.0. The fourth-order valence-corrected chi connectivity index (χ4v) is 2.73. The van der Waals surface area contributed by atoms with E-state index in [0.717, 1.165) is 4.88 Å². The minimum atomic E-state index is -0.465. The highest BCUT2D eigenvalue weighted by Gasteiger charge is 2.12. The van der Waals surface area contributed by atoms with E-state index in [1.165, 1.54) is 26.4 Å². The van der Waals surface area contributed by atoms with Gasteiger partial charge in [-0.15, -0.1) is 11.3 Å². The summed E-state index contributed by atoms with van der Waals surface area (Å²) in [6, 6.07) is 6.72. The average molecular weight is 334 g/mol. The van der Waals surface area contributed by atoms with Crippen molar-refractivity contribution < 1.29 is 13.9 Å². The predicted octanol–water partition coefficient (Wildman–Crippen LogP) is 3.30. The number of halogens is 1. The van der Waals surface area contributed by atoms with Gasteiger partial charge in [0.1, 0.15) is 11.6 Å². The number of aromatic amines is 1. The molecule has 0 aliphatic rings. The van der Waals surface area contributed by atoms with Gasteiger partial charge in [-0.2, -0.15) is 5.10 Å². The molecule has 0 atom stereocenters. The fraction of sp³-hybridized carbons (Fsp3) is 0.200. The van der Waals surface area contributed by atoms with Gasteiger partial charge in [-0.25, -0.2) is 9.37 Å². The van der Waals surface area contributed by atoms with Crippen LogP contribution in [0, 0.1) is 5.82 Å². The van der Waals surface area contributed by atoms with Crippen molar-refractivity contribution in [3.63, 3.8) is 0 Å². The van der Waals surface area contributed by atoms with E-state index >= 15 is 0 Å². The van der Waals surface area contributed by atoms with Crippen LogP contribution in [0.3, 0.4) is 0 Å². The highest BCUT2D eigenvalue weighted by molar-refractivity contribution is 7.13. The van der Waals surface area contributed by atoms with Gasteiger partial charge >= 0.3 is 0 Å². The molecular formula is C15H15FN4O2S. The van der Waals surface area contributed by atoms with Crippen molar-refractivity contribution in [2.45, 2.75) is 6.54 Å². The fourth-order valence-electron chi connectivity index (χ4n) is 2.07. The maximum atomic E-state index is 13.8. The number of aromatic nitrogens is 3. The molecule has 8 heteroatoms. The Kier molecular flexibility index (Phi) is 4.42. The predicted molar refractivity (Wildman–Crippen MR) is 86.5 cm³/mol. The van der Waals surface area contributed by atoms with Crippen LogP contribution >= 0.6 is 11.3 Å². The molecule has 120 valence electrons. The van der Waals surface area contributed by atoms with Gasteiger partial charge < -0.3 is 14.8 Å². The smallest absolute Gasteiger partial charge is 0.191 e. The van der Waals surface area contributed by atoms with Crippen molar-refractivity contribution >= 4 is 17.0 Å². The topological polar surface area (TPSA) is 72.1 Å². The molecule has 0 saturated heterocycles. The Morgan fingerprint density at radius 2 is 2.09 bits per heavy atom. The molecular weight excluding hydrogens is 319 g/mol. The van der Waals surface area contributed by atoms with Gasteiger partial charge in [0.2, 0.25) is 0 Å². The van der Waals surface area contributed by atoms with E-state index in [2.05, 4.69) is 20.5 Å². The molecule has 3 aromatic rings. The zero-order valence-electron chi connectivity index (χ0n) is 12.6. The standard InChI is InChI=1S/C15H15FN4O2S/c1-21-11-7-12(22-2)10(6-9(11)16)17-8-14-18-15(20-19-14)13-4-3-5-23-13/h3-7,17H,8H2,1-2H3,(H,18,19,20). The molecule has 23 heavy (non-hydrogen) atoms. The summed E-state index contributed by atoms with van der Waals surface area (Å²) in [4.78, 5) is 5.39. The van der Waals surface area contributed by atoms with E-state index in [0.29, 0.717) is 29.6 Å². The second-order valence-corrected chi connectivity index (χ2v) is 5.57. The SMILES string of the molecule is COc1cc(OC)c(NCc2nc(-c3cccs3)n[nH]2)cc1F. The van der Waals surface area contributed by atoms with Crippen molar-refractivity contribution in [1.29, 1.82) is 0 Å².